The first-order chi connectivity index (χ1) is 14.9. The van der Waals surface area contributed by atoms with Crippen molar-refractivity contribution in [2.45, 2.75) is 18.2 Å². The molecule has 3 rings (SSSR count). The molecule has 0 bridgehead atoms. The van der Waals surface area contributed by atoms with Gasteiger partial charge in [0, 0.05) is 17.8 Å². The zero-order valence-electron chi connectivity index (χ0n) is 17.0. The van der Waals surface area contributed by atoms with Crippen molar-refractivity contribution in [2.75, 3.05) is 17.9 Å². The second-order valence-electron chi connectivity index (χ2n) is 6.68. The maximum absolute atomic E-state index is 13.6. The average molecular weight is 443 g/mol. The smallest absolute Gasteiger partial charge is 0.261 e. The van der Waals surface area contributed by atoms with Crippen LogP contribution in [-0.4, -0.2) is 27.5 Å². The van der Waals surface area contributed by atoms with Crippen LogP contribution in [0.2, 0.25) is 0 Å². The number of amides is 1. The van der Waals surface area contributed by atoms with Crippen molar-refractivity contribution < 1.29 is 22.3 Å². The molecule has 0 heterocycles. The van der Waals surface area contributed by atoms with Crippen LogP contribution in [0.5, 0.6) is 5.75 Å². The van der Waals surface area contributed by atoms with Gasteiger partial charge in [0.1, 0.15) is 11.6 Å². The Morgan fingerprint density at radius 1 is 0.968 bits per heavy atom. The number of benzene rings is 3. The van der Waals surface area contributed by atoms with E-state index in [0.29, 0.717) is 35.6 Å². The van der Waals surface area contributed by atoms with Crippen molar-refractivity contribution >= 4 is 21.6 Å². The van der Waals surface area contributed by atoms with E-state index in [1.165, 1.54) is 30.3 Å². The largest absolute Gasteiger partial charge is 0.494 e. The van der Waals surface area contributed by atoms with Gasteiger partial charge in [0.25, 0.3) is 15.9 Å². The van der Waals surface area contributed by atoms with Crippen LogP contribution in [0.1, 0.15) is 22.8 Å². The molecule has 0 aromatic heterocycles. The number of carbonyl (C=O) groups is 1. The molecular weight excluding hydrogens is 419 g/mol. The highest BCUT2D eigenvalue weighted by Gasteiger charge is 2.15. The van der Waals surface area contributed by atoms with E-state index >= 15 is 0 Å². The van der Waals surface area contributed by atoms with Crippen LogP contribution in [0.15, 0.2) is 77.7 Å². The predicted octanol–water partition coefficient (Wildman–Crippen LogP) is 4.00. The number of carbonyl (C=O) groups excluding carboxylic acids is 1. The summed E-state index contributed by atoms with van der Waals surface area (Å²) >= 11 is 0. The Labute approximate surface area is 181 Å². The minimum absolute atomic E-state index is 0.0318. The highest BCUT2D eigenvalue weighted by molar-refractivity contribution is 7.92. The third-order valence-corrected chi connectivity index (χ3v) is 5.88. The molecule has 0 fully saturated rings. The van der Waals surface area contributed by atoms with E-state index in [1.54, 1.807) is 42.5 Å². The van der Waals surface area contributed by atoms with E-state index in [1.807, 2.05) is 6.92 Å². The number of anilines is 1. The predicted molar refractivity (Wildman–Crippen MR) is 117 cm³/mol. The third kappa shape index (κ3) is 6.05. The molecule has 0 atom stereocenters. The lowest BCUT2D eigenvalue weighted by atomic mass is 10.1. The molecule has 1 amide bonds. The van der Waals surface area contributed by atoms with Crippen LogP contribution in [0.3, 0.4) is 0 Å². The van der Waals surface area contributed by atoms with Crippen LogP contribution < -0.4 is 14.8 Å². The minimum Gasteiger partial charge on any atom is -0.494 e. The molecule has 0 radical (unpaired) electrons. The van der Waals surface area contributed by atoms with Gasteiger partial charge in [-0.15, -0.1) is 0 Å². The van der Waals surface area contributed by atoms with Gasteiger partial charge in [0.05, 0.1) is 11.5 Å². The molecule has 0 saturated carbocycles. The maximum atomic E-state index is 13.6. The lowest BCUT2D eigenvalue weighted by Crippen LogP contribution is -2.26. The summed E-state index contributed by atoms with van der Waals surface area (Å²) in [5.74, 6) is -0.0260. The molecule has 2 N–H and O–H groups in total. The van der Waals surface area contributed by atoms with Gasteiger partial charge < -0.3 is 10.1 Å². The highest BCUT2D eigenvalue weighted by atomic mass is 32.2. The summed E-state index contributed by atoms with van der Waals surface area (Å²) in [6, 6.07) is 18.6. The SMILES string of the molecule is CCOc1ccc(NS(=O)(=O)c2ccc(C(=O)NCCc3ccccc3F)cc2)cc1. The fourth-order valence-corrected chi connectivity index (χ4v) is 3.96. The quantitative estimate of drug-likeness (QED) is 0.525. The normalized spacial score (nSPS) is 11.0. The fraction of sp³-hybridized carbons (Fsp3) is 0.174. The summed E-state index contributed by atoms with van der Waals surface area (Å²) in [5.41, 5.74) is 1.23. The number of hydrogen-bond donors (Lipinski definition) is 2. The van der Waals surface area contributed by atoms with E-state index in [2.05, 4.69) is 10.0 Å². The molecule has 0 aliphatic carbocycles. The molecule has 6 nitrogen and oxygen atoms in total. The first kappa shape index (κ1) is 22.3. The van der Waals surface area contributed by atoms with Crippen molar-refractivity contribution in [3.63, 3.8) is 0 Å². The molecule has 3 aromatic carbocycles. The molecule has 3 aromatic rings. The van der Waals surface area contributed by atoms with Gasteiger partial charge in [-0.1, -0.05) is 18.2 Å². The van der Waals surface area contributed by atoms with Crippen LogP contribution in [0, 0.1) is 5.82 Å². The molecule has 0 aliphatic heterocycles. The maximum Gasteiger partial charge on any atom is 0.261 e. The first-order valence-corrected chi connectivity index (χ1v) is 11.2. The Bertz CT molecular complexity index is 1130. The van der Waals surface area contributed by atoms with Crippen LogP contribution >= 0.6 is 0 Å². The average Bonchev–Trinajstić information content (AvgIpc) is 2.76. The van der Waals surface area contributed by atoms with E-state index in [-0.39, 0.29) is 23.2 Å². The Morgan fingerprint density at radius 3 is 2.29 bits per heavy atom. The Hall–Kier alpha value is -3.39. The standard InChI is InChI=1S/C23H23FN2O4S/c1-2-30-20-11-9-19(10-12-20)26-31(28,29)21-13-7-18(8-14-21)23(27)25-16-15-17-5-3-4-6-22(17)24/h3-14,26H,2,15-16H2,1H3,(H,25,27). The van der Waals surface area contributed by atoms with E-state index in [0.717, 1.165) is 0 Å². The van der Waals surface area contributed by atoms with Gasteiger partial charge in [-0.25, -0.2) is 12.8 Å². The minimum atomic E-state index is -3.80. The monoisotopic (exact) mass is 442 g/mol. The Morgan fingerprint density at radius 2 is 1.65 bits per heavy atom. The third-order valence-electron chi connectivity index (χ3n) is 4.48. The molecule has 8 heteroatoms. The molecule has 0 aliphatic rings. The second-order valence-corrected chi connectivity index (χ2v) is 8.37. The summed E-state index contributed by atoms with van der Waals surface area (Å²) in [7, 11) is -3.80. The lowest BCUT2D eigenvalue weighted by molar-refractivity contribution is 0.0954. The summed E-state index contributed by atoms with van der Waals surface area (Å²) in [6.45, 7) is 2.65. The summed E-state index contributed by atoms with van der Waals surface area (Å²) in [6.07, 6.45) is 0.358. The Balaban J connectivity index is 1.59. The van der Waals surface area contributed by atoms with Gasteiger partial charge in [-0.05, 0) is 73.5 Å². The first-order valence-electron chi connectivity index (χ1n) is 9.76. The zero-order valence-corrected chi connectivity index (χ0v) is 17.8. The summed E-state index contributed by atoms with van der Waals surface area (Å²) in [4.78, 5) is 12.3. The topological polar surface area (TPSA) is 84.5 Å². The van der Waals surface area contributed by atoms with Gasteiger partial charge in [-0.2, -0.15) is 0 Å². The number of hydrogen-bond acceptors (Lipinski definition) is 4. The van der Waals surface area contributed by atoms with Crippen LogP contribution in [0.25, 0.3) is 0 Å². The highest BCUT2D eigenvalue weighted by Crippen LogP contribution is 2.20. The van der Waals surface area contributed by atoms with Crippen molar-refractivity contribution in [3.8, 4) is 5.75 Å². The van der Waals surface area contributed by atoms with Gasteiger partial charge >= 0.3 is 0 Å². The van der Waals surface area contributed by atoms with E-state index in [4.69, 9.17) is 4.74 Å². The van der Waals surface area contributed by atoms with Crippen LogP contribution in [0.4, 0.5) is 10.1 Å². The molecular formula is C23H23FN2O4S. The van der Waals surface area contributed by atoms with Gasteiger partial charge in [-0.3, -0.25) is 9.52 Å². The zero-order chi connectivity index (χ0) is 22.3. The van der Waals surface area contributed by atoms with Crippen molar-refractivity contribution in [3.05, 3.63) is 89.7 Å². The summed E-state index contributed by atoms with van der Waals surface area (Å²) < 4.78 is 46.6. The Kier molecular flexibility index (Phi) is 7.25. The molecule has 31 heavy (non-hydrogen) atoms. The number of ether oxygens (including phenoxy) is 1. The molecule has 0 unspecified atom stereocenters. The number of rotatable bonds is 9. The van der Waals surface area contributed by atoms with Crippen LogP contribution in [-0.2, 0) is 16.4 Å². The van der Waals surface area contributed by atoms with Crippen molar-refractivity contribution in [1.29, 1.82) is 0 Å². The van der Waals surface area contributed by atoms with Gasteiger partial charge in [0.15, 0.2) is 0 Å². The van der Waals surface area contributed by atoms with Crippen molar-refractivity contribution in [1.82, 2.24) is 5.32 Å². The second kappa shape index (κ2) is 10.1. The molecule has 0 spiro atoms. The fourth-order valence-electron chi connectivity index (χ4n) is 2.90. The van der Waals surface area contributed by atoms with E-state index in [9.17, 15) is 17.6 Å². The lowest BCUT2D eigenvalue weighted by Gasteiger charge is -2.10. The van der Waals surface area contributed by atoms with E-state index < -0.39 is 10.0 Å². The molecule has 0 saturated heterocycles. The number of sulfonamides is 1. The van der Waals surface area contributed by atoms with Crippen molar-refractivity contribution in [2.24, 2.45) is 0 Å². The number of nitrogens with one attached hydrogen (secondary N) is 2. The number of halogens is 1. The van der Waals surface area contributed by atoms with Gasteiger partial charge in [0.2, 0.25) is 0 Å². The molecule has 162 valence electrons. The summed E-state index contributed by atoms with van der Waals surface area (Å²) in [5, 5.41) is 2.71.